The van der Waals surface area contributed by atoms with E-state index in [1.807, 2.05) is 0 Å². The molecule has 0 fully saturated rings. The summed E-state index contributed by atoms with van der Waals surface area (Å²) in [6.07, 6.45) is 7.33. The summed E-state index contributed by atoms with van der Waals surface area (Å²) in [5, 5.41) is 8.84. The zero-order valence-corrected chi connectivity index (χ0v) is 10.4. The number of hydrogen-bond donors (Lipinski definition) is 2. The molecule has 0 aliphatic heterocycles. The molecule has 0 atom stereocenters. The van der Waals surface area contributed by atoms with Crippen LogP contribution < -0.4 is 10.2 Å². The molecule has 0 spiro atoms. The van der Waals surface area contributed by atoms with Crippen molar-refractivity contribution in [2.24, 2.45) is 0 Å². The van der Waals surface area contributed by atoms with Crippen LogP contribution in [0.2, 0.25) is 0 Å². The molecule has 0 unspecified atom stereocenters. The van der Waals surface area contributed by atoms with Crippen molar-refractivity contribution in [3.05, 3.63) is 28.2 Å². The first-order valence-electron chi connectivity index (χ1n) is 6.23. The van der Waals surface area contributed by atoms with Gasteiger partial charge in [-0.3, -0.25) is 4.79 Å². The van der Waals surface area contributed by atoms with Gasteiger partial charge >= 0.3 is 0 Å². The van der Waals surface area contributed by atoms with Crippen molar-refractivity contribution in [2.45, 2.75) is 45.6 Å². The molecule has 0 bridgehead atoms. The van der Waals surface area contributed by atoms with Gasteiger partial charge in [-0.15, -0.1) is 0 Å². The van der Waals surface area contributed by atoms with Crippen LogP contribution in [0.3, 0.4) is 0 Å². The minimum absolute atomic E-state index is 0.160. The Morgan fingerprint density at radius 1 is 1.29 bits per heavy atom. The summed E-state index contributed by atoms with van der Waals surface area (Å²) in [6.45, 7) is 2.59. The number of unbranched alkanes of at least 4 members (excludes halogenated alkanes) is 4. The highest BCUT2D eigenvalue weighted by atomic mass is 16.5. The van der Waals surface area contributed by atoms with Crippen LogP contribution in [0.25, 0.3) is 0 Å². The summed E-state index contributed by atoms with van der Waals surface area (Å²) in [7, 11) is 0. The molecule has 0 aliphatic carbocycles. The smallest absolute Gasteiger partial charge is 0.223 e. The minimum Gasteiger partial charge on any atom is -0.488 e. The van der Waals surface area contributed by atoms with Crippen molar-refractivity contribution in [3.63, 3.8) is 0 Å². The molecule has 1 heterocycles. The van der Waals surface area contributed by atoms with Gasteiger partial charge in [-0.25, -0.2) is 0 Å². The van der Waals surface area contributed by atoms with Gasteiger partial charge in [0, 0.05) is 18.0 Å². The number of rotatable bonds is 8. The summed E-state index contributed by atoms with van der Waals surface area (Å²) in [5.74, 6) is 0.331. The molecule has 1 aromatic rings. The van der Waals surface area contributed by atoms with Crippen molar-refractivity contribution in [1.29, 1.82) is 0 Å². The van der Waals surface area contributed by atoms with Gasteiger partial charge in [0.05, 0.1) is 13.2 Å². The lowest BCUT2D eigenvalue weighted by atomic mass is 10.2. The molecule has 4 nitrogen and oxygen atoms in total. The molecule has 1 aromatic heterocycles. The number of aliphatic hydroxyl groups excluding tert-OH is 1. The van der Waals surface area contributed by atoms with Crippen molar-refractivity contribution in [3.8, 4) is 5.75 Å². The highest BCUT2D eigenvalue weighted by Gasteiger charge is 2.01. The highest BCUT2D eigenvalue weighted by molar-refractivity contribution is 5.19. The zero-order chi connectivity index (χ0) is 12.5. The van der Waals surface area contributed by atoms with Gasteiger partial charge in [-0.2, -0.15) is 0 Å². The van der Waals surface area contributed by atoms with Gasteiger partial charge in [-0.05, 0) is 6.42 Å². The Kier molecular flexibility index (Phi) is 6.40. The number of H-pyrrole nitrogens is 1. The summed E-state index contributed by atoms with van der Waals surface area (Å²) < 4.78 is 5.39. The number of nitrogens with one attached hydrogen (secondary N) is 1. The second-order valence-electron chi connectivity index (χ2n) is 4.11. The zero-order valence-electron chi connectivity index (χ0n) is 10.4. The predicted molar refractivity (Wildman–Crippen MR) is 67.2 cm³/mol. The molecule has 0 saturated heterocycles. The number of aromatic nitrogens is 1. The number of aromatic amines is 1. The molecule has 2 N–H and O–H groups in total. The lowest BCUT2D eigenvalue weighted by Crippen LogP contribution is -2.10. The Bertz CT molecular complexity index is 373. The van der Waals surface area contributed by atoms with E-state index in [0.29, 0.717) is 18.1 Å². The lowest BCUT2D eigenvalue weighted by Gasteiger charge is -2.05. The maximum absolute atomic E-state index is 11.5. The first-order valence-corrected chi connectivity index (χ1v) is 6.23. The maximum atomic E-state index is 11.5. The third-order valence-electron chi connectivity index (χ3n) is 2.61. The molecule has 4 heteroatoms. The van der Waals surface area contributed by atoms with Gasteiger partial charge in [0.2, 0.25) is 5.43 Å². The van der Waals surface area contributed by atoms with Crippen LogP contribution in [0.5, 0.6) is 5.75 Å². The van der Waals surface area contributed by atoms with Gasteiger partial charge < -0.3 is 14.8 Å². The minimum atomic E-state index is -0.179. The topological polar surface area (TPSA) is 62.3 Å². The number of pyridine rings is 1. The summed E-state index contributed by atoms with van der Waals surface area (Å²) in [4.78, 5) is 14.3. The van der Waals surface area contributed by atoms with E-state index in [-0.39, 0.29) is 12.0 Å². The molecule has 17 heavy (non-hydrogen) atoms. The summed E-state index contributed by atoms with van der Waals surface area (Å²) in [5.41, 5.74) is 0.326. The Hall–Kier alpha value is -1.29. The van der Waals surface area contributed by atoms with E-state index in [4.69, 9.17) is 9.84 Å². The molecule has 0 saturated carbocycles. The standard InChI is InChI=1S/C13H21NO3/c1-2-3-4-5-6-7-17-13-9-14-11(10-15)8-12(13)16/h8-9,15H,2-7,10H2,1H3,(H,14,16). The van der Waals surface area contributed by atoms with Crippen LogP contribution in [0.4, 0.5) is 0 Å². The van der Waals surface area contributed by atoms with Gasteiger partial charge in [-0.1, -0.05) is 32.6 Å². The van der Waals surface area contributed by atoms with Crippen LogP contribution in [0.15, 0.2) is 17.1 Å². The number of hydrogen-bond acceptors (Lipinski definition) is 3. The van der Waals surface area contributed by atoms with E-state index in [1.165, 1.54) is 31.5 Å². The van der Waals surface area contributed by atoms with E-state index in [2.05, 4.69) is 11.9 Å². The Balaban J connectivity index is 2.29. The Morgan fingerprint density at radius 2 is 2.06 bits per heavy atom. The molecular weight excluding hydrogens is 218 g/mol. The van der Waals surface area contributed by atoms with Crippen molar-refractivity contribution >= 4 is 0 Å². The van der Waals surface area contributed by atoms with Gasteiger partial charge in [0.15, 0.2) is 5.75 Å². The van der Waals surface area contributed by atoms with Crippen LogP contribution >= 0.6 is 0 Å². The SMILES string of the molecule is CCCCCCCOc1c[nH]c(CO)cc1=O. The molecule has 0 aliphatic rings. The predicted octanol–water partition coefficient (Wildman–Crippen LogP) is 2.22. The first-order chi connectivity index (χ1) is 8.27. The van der Waals surface area contributed by atoms with E-state index in [1.54, 1.807) is 0 Å². The lowest BCUT2D eigenvalue weighted by molar-refractivity contribution is 0.274. The normalized spacial score (nSPS) is 10.5. The highest BCUT2D eigenvalue weighted by Crippen LogP contribution is 2.06. The summed E-state index contributed by atoms with van der Waals surface area (Å²) in [6, 6.07) is 1.37. The third kappa shape index (κ3) is 5.04. The largest absolute Gasteiger partial charge is 0.488 e. The first kappa shape index (κ1) is 13.8. The Morgan fingerprint density at radius 3 is 2.71 bits per heavy atom. The fourth-order valence-electron chi connectivity index (χ4n) is 1.59. The fraction of sp³-hybridized carbons (Fsp3) is 0.615. The number of ether oxygens (including phenoxy) is 1. The van der Waals surface area contributed by atoms with Crippen LogP contribution in [-0.2, 0) is 6.61 Å². The molecule has 0 aromatic carbocycles. The third-order valence-corrected chi connectivity index (χ3v) is 2.61. The summed E-state index contributed by atoms with van der Waals surface area (Å²) >= 11 is 0. The Labute approximate surface area is 102 Å². The quantitative estimate of drug-likeness (QED) is 0.684. The van der Waals surface area contributed by atoms with Crippen LogP contribution in [0, 0.1) is 0 Å². The second kappa shape index (κ2) is 7.90. The molecule has 0 radical (unpaired) electrons. The number of aliphatic hydroxyl groups is 1. The van der Waals surface area contributed by atoms with E-state index >= 15 is 0 Å². The van der Waals surface area contributed by atoms with Crippen molar-refractivity contribution in [1.82, 2.24) is 4.98 Å². The van der Waals surface area contributed by atoms with Crippen LogP contribution in [0.1, 0.15) is 44.7 Å². The van der Waals surface area contributed by atoms with Crippen LogP contribution in [-0.4, -0.2) is 16.7 Å². The molecule has 96 valence electrons. The van der Waals surface area contributed by atoms with E-state index in [9.17, 15) is 4.79 Å². The maximum Gasteiger partial charge on any atom is 0.223 e. The fourth-order valence-corrected chi connectivity index (χ4v) is 1.59. The molecule has 0 amide bonds. The van der Waals surface area contributed by atoms with Gasteiger partial charge in [0.25, 0.3) is 0 Å². The van der Waals surface area contributed by atoms with Gasteiger partial charge in [0.1, 0.15) is 0 Å². The average molecular weight is 239 g/mol. The molecular formula is C13H21NO3. The monoisotopic (exact) mass is 239 g/mol. The van der Waals surface area contributed by atoms with Crippen molar-refractivity contribution in [2.75, 3.05) is 6.61 Å². The average Bonchev–Trinajstić information content (AvgIpc) is 2.35. The van der Waals surface area contributed by atoms with Crippen molar-refractivity contribution < 1.29 is 9.84 Å². The second-order valence-corrected chi connectivity index (χ2v) is 4.11. The molecule has 1 rings (SSSR count). The van der Waals surface area contributed by atoms with E-state index < -0.39 is 0 Å². The van der Waals surface area contributed by atoms with E-state index in [0.717, 1.165) is 12.8 Å².